The first kappa shape index (κ1) is 14.7. The van der Waals surface area contributed by atoms with Crippen molar-refractivity contribution in [3.8, 4) is 5.75 Å². The van der Waals surface area contributed by atoms with Gasteiger partial charge in [-0.2, -0.15) is 0 Å². The van der Waals surface area contributed by atoms with E-state index in [1.54, 1.807) is 7.11 Å². The Labute approximate surface area is 110 Å². The molecule has 1 rings (SSSR count). The fraction of sp³-hybridized carbons (Fsp3) is 0.533. The van der Waals surface area contributed by atoms with E-state index < -0.39 is 0 Å². The molecule has 0 saturated carbocycles. The van der Waals surface area contributed by atoms with Gasteiger partial charge in [0.1, 0.15) is 5.75 Å². The van der Waals surface area contributed by atoms with Crippen LogP contribution >= 0.6 is 0 Å². The van der Waals surface area contributed by atoms with Crippen molar-refractivity contribution in [3.63, 3.8) is 0 Å². The van der Waals surface area contributed by atoms with Crippen LogP contribution in [-0.4, -0.2) is 38.4 Å². The van der Waals surface area contributed by atoms with Crippen LogP contribution in [0.4, 0.5) is 0 Å². The largest absolute Gasteiger partial charge is 0.496 e. The summed E-state index contributed by atoms with van der Waals surface area (Å²) in [6.07, 6.45) is 0. The Kier molecular flexibility index (Phi) is 4.52. The van der Waals surface area contributed by atoms with Crippen molar-refractivity contribution < 1.29 is 9.53 Å². The average Bonchev–Trinajstić information content (AvgIpc) is 2.26. The zero-order chi connectivity index (χ0) is 13.9. The van der Waals surface area contributed by atoms with E-state index in [-0.39, 0.29) is 11.2 Å². The third-order valence-corrected chi connectivity index (χ3v) is 2.83. The Morgan fingerprint density at radius 1 is 1.28 bits per heavy atom. The van der Waals surface area contributed by atoms with Crippen molar-refractivity contribution in [3.05, 3.63) is 29.3 Å². The van der Waals surface area contributed by atoms with E-state index in [0.29, 0.717) is 17.9 Å². The van der Waals surface area contributed by atoms with E-state index in [1.165, 1.54) is 0 Å². The van der Waals surface area contributed by atoms with Gasteiger partial charge < -0.3 is 9.64 Å². The van der Waals surface area contributed by atoms with Gasteiger partial charge in [0.25, 0.3) is 0 Å². The number of ketones is 1. The SMILES string of the molecule is COc1ccc(C(C)(C)C)cc1C(=O)CN(C)C. The molecule has 0 saturated heterocycles. The smallest absolute Gasteiger partial charge is 0.180 e. The van der Waals surface area contributed by atoms with Crippen LogP contribution in [0.1, 0.15) is 36.7 Å². The highest BCUT2D eigenvalue weighted by Gasteiger charge is 2.19. The van der Waals surface area contributed by atoms with E-state index in [0.717, 1.165) is 5.56 Å². The van der Waals surface area contributed by atoms with Crippen molar-refractivity contribution in [1.29, 1.82) is 0 Å². The second kappa shape index (κ2) is 5.53. The standard InChI is InChI=1S/C15H23NO2/c1-15(2,3)11-7-8-14(18-6)12(9-11)13(17)10-16(4)5/h7-9H,10H2,1-6H3. The van der Waals surface area contributed by atoms with Crippen molar-refractivity contribution in [2.24, 2.45) is 0 Å². The van der Waals surface area contributed by atoms with Gasteiger partial charge >= 0.3 is 0 Å². The van der Waals surface area contributed by atoms with Gasteiger partial charge in [-0.25, -0.2) is 0 Å². The molecule has 100 valence electrons. The minimum absolute atomic E-state index is 0.0272. The van der Waals surface area contributed by atoms with Crippen LogP contribution in [0.5, 0.6) is 5.75 Å². The number of methoxy groups -OCH3 is 1. The lowest BCUT2D eigenvalue weighted by Crippen LogP contribution is -2.23. The average molecular weight is 249 g/mol. The molecule has 0 aliphatic heterocycles. The van der Waals surface area contributed by atoms with Gasteiger partial charge in [0.05, 0.1) is 19.2 Å². The Bertz CT molecular complexity index is 431. The van der Waals surface area contributed by atoms with Crippen LogP contribution < -0.4 is 4.74 Å². The quantitative estimate of drug-likeness (QED) is 0.768. The van der Waals surface area contributed by atoms with E-state index in [4.69, 9.17) is 4.74 Å². The predicted molar refractivity (Wildman–Crippen MR) is 74.6 cm³/mol. The lowest BCUT2D eigenvalue weighted by Gasteiger charge is -2.21. The molecule has 0 spiro atoms. The summed E-state index contributed by atoms with van der Waals surface area (Å²) in [5, 5.41) is 0. The van der Waals surface area contributed by atoms with E-state index in [1.807, 2.05) is 37.2 Å². The zero-order valence-electron chi connectivity index (χ0n) is 12.2. The number of hydrogen-bond donors (Lipinski definition) is 0. The highest BCUT2D eigenvalue weighted by atomic mass is 16.5. The van der Waals surface area contributed by atoms with Gasteiger partial charge in [-0.1, -0.05) is 26.8 Å². The highest BCUT2D eigenvalue weighted by Crippen LogP contribution is 2.28. The van der Waals surface area contributed by atoms with Gasteiger partial charge in [0, 0.05) is 0 Å². The molecular formula is C15H23NO2. The molecular weight excluding hydrogens is 226 g/mol. The number of ether oxygens (including phenoxy) is 1. The number of hydrogen-bond acceptors (Lipinski definition) is 3. The summed E-state index contributed by atoms with van der Waals surface area (Å²) in [6.45, 7) is 6.79. The first-order chi connectivity index (χ1) is 8.25. The molecule has 1 aromatic carbocycles. The number of benzene rings is 1. The van der Waals surface area contributed by atoms with Gasteiger partial charge in [-0.15, -0.1) is 0 Å². The number of nitrogens with zero attached hydrogens (tertiary/aromatic N) is 1. The number of rotatable bonds is 4. The first-order valence-electron chi connectivity index (χ1n) is 6.12. The third-order valence-electron chi connectivity index (χ3n) is 2.83. The van der Waals surface area contributed by atoms with Crippen LogP contribution in [0, 0.1) is 0 Å². The van der Waals surface area contributed by atoms with Crippen molar-refractivity contribution in [1.82, 2.24) is 4.90 Å². The molecule has 18 heavy (non-hydrogen) atoms. The minimum atomic E-state index is 0.0272. The van der Waals surface area contributed by atoms with Crippen LogP contribution in [0.2, 0.25) is 0 Å². The minimum Gasteiger partial charge on any atom is -0.496 e. The molecule has 0 aromatic heterocycles. The van der Waals surface area contributed by atoms with E-state index in [9.17, 15) is 4.79 Å². The summed E-state index contributed by atoms with van der Waals surface area (Å²) in [5.41, 5.74) is 1.84. The number of carbonyl (C=O) groups is 1. The number of Topliss-reactive ketones (excluding diaryl/α,β-unsaturated/α-hetero) is 1. The normalized spacial score (nSPS) is 11.7. The van der Waals surface area contributed by atoms with Gasteiger partial charge in [-0.05, 0) is 37.2 Å². The Morgan fingerprint density at radius 3 is 2.33 bits per heavy atom. The van der Waals surface area contributed by atoms with Crippen LogP contribution in [0.25, 0.3) is 0 Å². The molecule has 0 atom stereocenters. The topological polar surface area (TPSA) is 29.5 Å². The Morgan fingerprint density at radius 2 is 1.89 bits per heavy atom. The van der Waals surface area contributed by atoms with E-state index >= 15 is 0 Å². The zero-order valence-corrected chi connectivity index (χ0v) is 12.2. The fourth-order valence-corrected chi connectivity index (χ4v) is 1.76. The first-order valence-corrected chi connectivity index (χ1v) is 6.12. The summed E-state index contributed by atoms with van der Waals surface area (Å²) < 4.78 is 5.28. The molecule has 0 heterocycles. The highest BCUT2D eigenvalue weighted by molar-refractivity contribution is 6.00. The molecule has 0 N–H and O–H groups in total. The van der Waals surface area contributed by atoms with Crippen LogP contribution in [0.3, 0.4) is 0 Å². The molecule has 0 unspecified atom stereocenters. The monoisotopic (exact) mass is 249 g/mol. The Hall–Kier alpha value is -1.35. The van der Waals surface area contributed by atoms with Crippen molar-refractivity contribution in [2.75, 3.05) is 27.7 Å². The lowest BCUT2D eigenvalue weighted by molar-refractivity contribution is 0.0954. The molecule has 0 aliphatic rings. The fourth-order valence-electron chi connectivity index (χ4n) is 1.76. The molecule has 0 aliphatic carbocycles. The number of carbonyl (C=O) groups excluding carboxylic acids is 1. The van der Waals surface area contributed by atoms with Crippen molar-refractivity contribution >= 4 is 5.78 Å². The summed E-state index contributed by atoms with van der Waals surface area (Å²) >= 11 is 0. The molecule has 3 nitrogen and oxygen atoms in total. The second-order valence-corrected chi connectivity index (χ2v) is 5.83. The van der Waals surface area contributed by atoms with Gasteiger partial charge in [-0.3, -0.25) is 4.79 Å². The maximum absolute atomic E-state index is 12.2. The molecule has 1 aromatic rings. The summed E-state index contributed by atoms with van der Waals surface area (Å²) in [4.78, 5) is 14.1. The second-order valence-electron chi connectivity index (χ2n) is 5.83. The lowest BCUT2D eigenvalue weighted by atomic mass is 9.85. The molecule has 0 fully saturated rings. The van der Waals surface area contributed by atoms with Gasteiger partial charge in [0.15, 0.2) is 5.78 Å². The summed E-state index contributed by atoms with van der Waals surface area (Å²) in [7, 11) is 5.37. The van der Waals surface area contributed by atoms with Crippen molar-refractivity contribution in [2.45, 2.75) is 26.2 Å². The molecule has 0 bridgehead atoms. The maximum Gasteiger partial charge on any atom is 0.180 e. The maximum atomic E-state index is 12.2. The summed E-state index contributed by atoms with van der Waals surface area (Å²) in [6, 6.07) is 5.85. The Balaban J connectivity index is 3.18. The van der Waals surface area contributed by atoms with Crippen LogP contribution in [-0.2, 0) is 5.41 Å². The molecule has 0 amide bonds. The van der Waals surface area contributed by atoms with E-state index in [2.05, 4.69) is 20.8 Å². The summed E-state index contributed by atoms with van der Waals surface area (Å²) in [5.74, 6) is 0.734. The predicted octanol–water partition coefficient (Wildman–Crippen LogP) is 2.74. The molecule has 0 radical (unpaired) electrons. The van der Waals surface area contributed by atoms with Gasteiger partial charge in [0.2, 0.25) is 0 Å². The van der Waals surface area contributed by atoms with Crippen LogP contribution in [0.15, 0.2) is 18.2 Å². The number of likely N-dealkylation sites (N-methyl/N-ethyl adjacent to an activating group) is 1. The third kappa shape index (κ3) is 3.57. The molecule has 3 heteroatoms.